The maximum Gasteiger partial charge on any atom is 0.138 e. The second-order valence-corrected chi connectivity index (χ2v) is 6.85. The summed E-state index contributed by atoms with van der Waals surface area (Å²) in [7, 11) is 0. The molecule has 0 aliphatic heterocycles. The first-order valence-corrected chi connectivity index (χ1v) is 8.53. The van der Waals surface area contributed by atoms with Gasteiger partial charge in [0.2, 0.25) is 0 Å². The van der Waals surface area contributed by atoms with E-state index in [4.69, 9.17) is 4.74 Å². The Labute approximate surface area is 143 Å². The summed E-state index contributed by atoms with van der Waals surface area (Å²) in [5.41, 5.74) is 2.29. The second-order valence-electron chi connectivity index (χ2n) is 5.14. The summed E-state index contributed by atoms with van der Waals surface area (Å²) in [6, 6.07) is 14.7. The van der Waals surface area contributed by atoms with E-state index in [2.05, 4.69) is 63.2 Å². The van der Waals surface area contributed by atoms with Gasteiger partial charge >= 0.3 is 0 Å². The third-order valence-electron chi connectivity index (χ3n) is 3.08. The number of para-hydroxylation sites is 1. The van der Waals surface area contributed by atoms with Crippen LogP contribution >= 0.6 is 31.9 Å². The van der Waals surface area contributed by atoms with Crippen molar-refractivity contribution in [3.63, 3.8) is 0 Å². The van der Waals surface area contributed by atoms with E-state index in [1.54, 1.807) is 0 Å². The number of ether oxygens (including phenoxy) is 1. The second kappa shape index (κ2) is 7.97. The molecule has 112 valence electrons. The molecule has 0 aromatic heterocycles. The van der Waals surface area contributed by atoms with Gasteiger partial charge in [0.05, 0.1) is 4.47 Å². The topological polar surface area (TPSA) is 21.3 Å². The predicted octanol–water partition coefficient (Wildman–Crippen LogP) is 5.29. The van der Waals surface area contributed by atoms with Crippen LogP contribution in [0.3, 0.4) is 0 Å². The van der Waals surface area contributed by atoms with E-state index in [-0.39, 0.29) is 0 Å². The number of hydrogen-bond acceptors (Lipinski definition) is 2. The lowest BCUT2D eigenvalue weighted by atomic mass is 10.2. The summed E-state index contributed by atoms with van der Waals surface area (Å²) in [6.07, 6.45) is 0. The first kappa shape index (κ1) is 16.5. The van der Waals surface area contributed by atoms with Crippen LogP contribution in [0.15, 0.2) is 51.4 Å². The first-order chi connectivity index (χ1) is 10.1. The molecule has 0 saturated heterocycles. The fraction of sp³-hybridized carbons (Fsp3) is 0.294. The van der Waals surface area contributed by atoms with Gasteiger partial charge in [0.25, 0.3) is 0 Å². The van der Waals surface area contributed by atoms with Crippen molar-refractivity contribution in [1.82, 2.24) is 5.32 Å². The lowest BCUT2D eigenvalue weighted by Crippen LogP contribution is -2.22. The van der Waals surface area contributed by atoms with Crippen molar-refractivity contribution in [2.75, 3.05) is 0 Å². The molecule has 0 spiro atoms. The molecule has 0 amide bonds. The average molecular weight is 413 g/mol. The van der Waals surface area contributed by atoms with Crippen LogP contribution in [0.2, 0.25) is 0 Å². The Morgan fingerprint density at radius 1 is 0.952 bits per heavy atom. The molecule has 2 nitrogen and oxygen atoms in total. The van der Waals surface area contributed by atoms with E-state index in [0.29, 0.717) is 12.6 Å². The fourth-order valence-electron chi connectivity index (χ4n) is 1.93. The molecule has 21 heavy (non-hydrogen) atoms. The van der Waals surface area contributed by atoms with Crippen LogP contribution in [-0.4, -0.2) is 6.04 Å². The molecule has 0 atom stereocenters. The highest BCUT2D eigenvalue weighted by molar-refractivity contribution is 9.10. The van der Waals surface area contributed by atoms with Gasteiger partial charge < -0.3 is 10.1 Å². The van der Waals surface area contributed by atoms with Crippen molar-refractivity contribution in [2.45, 2.75) is 33.0 Å². The Balaban J connectivity index is 2.13. The number of nitrogens with one attached hydrogen (secondary N) is 1. The lowest BCUT2D eigenvalue weighted by Gasteiger charge is -2.15. The van der Waals surface area contributed by atoms with Crippen molar-refractivity contribution >= 4 is 31.9 Å². The normalized spacial score (nSPS) is 10.9. The Morgan fingerprint density at radius 2 is 1.62 bits per heavy atom. The van der Waals surface area contributed by atoms with Gasteiger partial charge in [0.1, 0.15) is 12.4 Å². The quantitative estimate of drug-likeness (QED) is 0.695. The molecule has 0 heterocycles. The molecule has 1 N–H and O–H groups in total. The predicted molar refractivity (Wildman–Crippen MR) is 94.6 cm³/mol. The molecular formula is C17H19Br2NO. The Kier molecular flexibility index (Phi) is 6.27. The van der Waals surface area contributed by atoms with Crippen LogP contribution in [0.4, 0.5) is 0 Å². The van der Waals surface area contributed by atoms with Gasteiger partial charge in [-0.25, -0.2) is 0 Å². The Morgan fingerprint density at radius 3 is 2.33 bits per heavy atom. The lowest BCUT2D eigenvalue weighted by molar-refractivity contribution is 0.299. The molecule has 0 unspecified atom stereocenters. The molecule has 2 rings (SSSR count). The summed E-state index contributed by atoms with van der Waals surface area (Å²) in [5, 5.41) is 3.43. The van der Waals surface area contributed by atoms with Crippen molar-refractivity contribution in [1.29, 1.82) is 0 Å². The molecule has 2 aromatic rings. The third-order valence-corrected chi connectivity index (χ3v) is 4.48. The smallest absolute Gasteiger partial charge is 0.138 e. The van der Waals surface area contributed by atoms with E-state index < -0.39 is 0 Å². The van der Waals surface area contributed by atoms with Crippen molar-refractivity contribution in [3.8, 4) is 5.75 Å². The van der Waals surface area contributed by atoms with Gasteiger partial charge in [-0.15, -0.1) is 0 Å². The minimum absolute atomic E-state index is 0.445. The molecule has 0 bridgehead atoms. The first-order valence-electron chi connectivity index (χ1n) is 6.95. The zero-order valence-electron chi connectivity index (χ0n) is 12.2. The standard InChI is InChI=1S/C17H19Br2NO/c1-12(2)20-10-13-7-5-9-16(19)17(13)21-11-14-6-3-4-8-15(14)18/h3-9,12,20H,10-11H2,1-2H3. The van der Waals surface area contributed by atoms with E-state index in [9.17, 15) is 0 Å². The number of rotatable bonds is 6. The van der Waals surface area contributed by atoms with Gasteiger partial charge in [-0.3, -0.25) is 0 Å². The molecule has 0 aliphatic carbocycles. The van der Waals surface area contributed by atoms with Crippen LogP contribution in [0, 0.1) is 0 Å². The highest BCUT2D eigenvalue weighted by atomic mass is 79.9. The zero-order valence-corrected chi connectivity index (χ0v) is 15.4. The summed E-state index contributed by atoms with van der Waals surface area (Å²) >= 11 is 7.13. The average Bonchev–Trinajstić information content (AvgIpc) is 2.45. The van der Waals surface area contributed by atoms with Crippen LogP contribution < -0.4 is 10.1 Å². The summed E-state index contributed by atoms with van der Waals surface area (Å²) in [5.74, 6) is 0.904. The van der Waals surface area contributed by atoms with Crippen molar-refractivity contribution in [2.24, 2.45) is 0 Å². The summed E-state index contributed by atoms with van der Waals surface area (Å²) in [6.45, 7) is 5.61. The number of benzene rings is 2. The van der Waals surface area contributed by atoms with E-state index >= 15 is 0 Å². The fourth-order valence-corrected chi connectivity index (χ4v) is 2.85. The number of hydrogen-bond donors (Lipinski definition) is 1. The number of halogens is 2. The van der Waals surface area contributed by atoms with Crippen LogP contribution in [-0.2, 0) is 13.2 Å². The molecule has 0 aliphatic rings. The van der Waals surface area contributed by atoms with Crippen LogP contribution in [0.1, 0.15) is 25.0 Å². The van der Waals surface area contributed by atoms with Gasteiger partial charge in [0.15, 0.2) is 0 Å². The third kappa shape index (κ3) is 4.83. The van der Waals surface area contributed by atoms with E-state index in [0.717, 1.165) is 32.4 Å². The highest BCUT2D eigenvalue weighted by Crippen LogP contribution is 2.30. The summed E-state index contributed by atoms with van der Waals surface area (Å²) < 4.78 is 8.10. The molecule has 0 fully saturated rings. The van der Waals surface area contributed by atoms with Gasteiger partial charge in [-0.2, -0.15) is 0 Å². The van der Waals surface area contributed by atoms with Gasteiger partial charge in [0, 0.05) is 28.2 Å². The zero-order chi connectivity index (χ0) is 15.2. The minimum Gasteiger partial charge on any atom is -0.487 e. The van der Waals surface area contributed by atoms with Gasteiger partial charge in [-0.05, 0) is 28.1 Å². The SMILES string of the molecule is CC(C)NCc1cccc(Br)c1OCc1ccccc1Br. The molecule has 0 radical (unpaired) electrons. The molecule has 2 aromatic carbocycles. The van der Waals surface area contributed by atoms with Crippen LogP contribution in [0.25, 0.3) is 0 Å². The Hall–Kier alpha value is -0.840. The van der Waals surface area contributed by atoms with E-state index in [1.807, 2.05) is 30.3 Å². The largest absolute Gasteiger partial charge is 0.487 e. The maximum absolute atomic E-state index is 6.05. The summed E-state index contributed by atoms with van der Waals surface area (Å²) in [4.78, 5) is 0. The van der Waals surface area contributed by atoms with E-state index in [1.165, 1.54) is 0 Å². The minimum atomic E-state index is 0.445. The monoisotopic (exact) mass is 411 g/mol. The molecule has 4 heteroatoms. The van der Waals surface area contributed by atoms with Crippen molar-refractivity contribution < 1.29 is 4.74 Å². The molecular weight excluding hydrogens is 394 g/mol. The Bertz CT molecular complexity index is 599. The van der Waals surface area contributed by atoms with Crippen LogP contribution in [0.5, 0.6) is 5.75 Å². The highest BCUT2D eigenvalue weighted by Gasteiger charge is 2.09. The molecule has 0 saturated carbocycles. The maximum atomic E-state index is 6.05. The van der Waals surface area contributed by atoms with Crippen molar-refractivity contribution in [3.05, 3.63) is 62.5 Å². The van der Waals surface area contributed by atoms with Gasteiger partial charge in [-0.1, -0.05) is 60.1 Å².